The van der Waals surface area contributed by atoms with Gasteiger partial charge in [-0.15, -0.1) is 0 Å². The molecule has 0 amide bonds. The number of hydrogen-bond donors (Lipinski definition) is 2. The molecule has 0 aromatic heterocycles. The standard InChI is InChI=1S/C9H13NO2/c11-9(12)7-3-1-2-6-4-5-10-8(6)7/h4-8,10H,1-3H2,(H,11,12). The van der Waals surface area contributed by atoms with Crippen LogP contribution < -0.4 is 5.32 Å². The van der Waals surface area contributed by atoms with Crippen molar-refractivity contribution in [1.82, 2.24) is 5.32 Å². The van der Waals surface area contributed by atoms with Crippen LogP contribution in [0.3, 0.4) is 0 Å². The van der Waals surface area contributed by atoms with E-state index in [2.05, 4.69) is 11.4 Å². The van der Waals surface area contributed by atoms with Gasteiger partial charge in [-0.1, -0.05) is 12.5 Å². The Morgan fingerprint density at radius 2 is 2.33 bits per heavy atom. The van der Waals surface area contributed by atoms with Gasteiger partial charge in [-0.25, -0.2) is 0 Å². The van der Waals surface area contributed by atoms with Gasteiger partial charge in [0.1, 0.15) is 0 Å². The minimum Gasteiger partial charge on any atom is -0.481 e. The van der Waals surface area contributed by atoms with E-state index in [0.717, 1.165) is 19.3 Å². The van der Waals surface area contributed by atoms with E-state index in [1.807, 2.05) is 6.20 Å². The first-order valence-electron chi connectivity index (χ1n) is 4.44. The van der Waals surface area contributed by atoms with Crippen molar-refractivity contribution in [3.05, 3.63) is 12.3 Å². The van der Waals surface area contributed by atoms with E-state index < -0.39 is 5.97 Å². The molecule has 0 radical (unpaired) electrons. The van der Waals surface area contributed by atoms with E-state index in [9.17, 15) is 4.79 Å². The lowest BCUT2D eigenvalue weighted by molar-refractivity contribution is -0.144. The zero-order chi connectivity index (χ0) is 8.55. The number of carboxylic acid groups (broad SMARTS) is 1. The normalized spacial score (nSPS) is 38.8. The maximum atomic E-state index is 10.8. The molecule has 66 valence electrons. The van der Waals surface area contributed by atoms with Crippen LogP contribution >= 0.6 is 0 Å². The molecular weight excluding hydrogens is 154 g/mol. The van der Waals surface area contributed by atoms with Crippen molar-refractivity contribution in [3.63, 3.8) is 0 Å². The van der Waals surface area contributed by atoms with Gasteiger partial charge in [0.05, 0.1) is 5.92 Å². The second kappa shape index (κ2) is 2.81. The van der Waals surface area contributed by atoms with Crippen LogP contribution in [0, 0.1) is 11.8 Å². The fraction of sp³-hybridized carbons (Fsp3) is 0.667. The fourth-order valence-corrected chi connectivity index (χ4v) is 2.25. The number of carboxylic acids is 1. The minimum absolute atomic E-state index is 0.163. The summed E-state index contributed by atoms with van der Waals surface area (Å²) in [6, 6.07) is 0.163. The first kappa shape index (κ1) is 7.65. The Balaban J connectivity index is 2.11. The highest BCUT2D eigenvalue weighted by Gasteiger charge is 2.37. The second-order valence-electron chi connectivity index (χ2n) is 3.59. The molecule has 3 unspecified atom stereocenters. The third kappa shape index (κ3) is 1.09. The maximum Gasteiger partial charge on any atom is 0.308 e. The molecule has 1 fully saturated rings. The van der Waals surface area contributed by atoms with Gasteiger partial charge in [0.2, 0.25) is 0 Å². The molecule has 0 aromatic carbocycles. The Labute approximate surface area is 71.5 Å². The molecule has 2 aliphatic rings. The zero-order valence-corrected chi connectivity index (χ0v) is 6.86. The zero-order valence-electron chi connectivity index (χ0n) is 6.86. The van der Waals surface area contributed by atoms with Crippen LogP contribution in [0.15, 0.2) is 12.3 Å². The van der Waals surface area contributed by atoms with Gasteiger partial charge in [-0.3, -0.25) is 4.79 Å². The van der Waals surface area contributed by atoms with Gasteiger partial charge < -0.3 is 10.4 Å². The van der Waals surface area contributed by atoms with Gasteiger partial charge in [-0.2, -0.15) is 0 Å². The molecule has 1 aliphatic carbocycles. The lowest BCUT2D eigenvalue weighted by Gasteiger charge is -2.30. The molecular formula is C9H13NO2. The molecule has 1 aliphatic heterocycles. The Bertz CT molecular complexity index is 225. The van der Waals surface area contributed by atoms with Crippen molar-refractivity contribution in [1.29, 1.82) is 0 Å². The third-order valence-electron chi connectivity index (χ3n) is 2.90. The van der Waals surface area contributed by atoms with Gasteiger partial charge in [0.25, 0.3) is 0 Å². The highest BCUT2D eigenvalue weighted by molar-refractivity contribution is 5.71. The molecule has 3 nitrogen and oxygen atoms in total. The van der Waals surface area contributed by atoms with Crippen molar-refractivity contribution < 1.29 is 9.90 Å². The number of carbonyl (C=O) groups is 1. The predicted molar refractivity (Wildman–Crippen MR) is 44.5 cm³/mol. The van der Waals surface area contributed by atoms with E-state index in [1.54, 1.807) is 0 Å². The van der Waals surface area contributed by atoms with E-state index in [0.29, 0.717) is 5.92 Å². The Hall–Kier alpha value is -0.990. The molecule has 0 bridgehead atoms. The maximum absolute atomic E-state index is 10.8. The van der Waals surface area contributed by atoms with Crippen LogP contribution in [-0.4, -0.2) is 17.1 Å². The van der Waals surface area contributed by atoms with Crippen molar-refractivity contribution in [3.8, 4) is 0 Å². The monoisotopic (exact) mass is 167 g/mol. The molecule has 12 heavy (non-hydrogen) atoms. The molecule has 0 aromatic rings. The lowest BCUT2D eigenvalue weighted by atomic mass is 9.78. The summed E-state index contributed by atoms with van der Waals surface area (Å²) in [5, 5.41) is 12.0. The summed E-state index contributed by atoms with van der Waals surface area (Å²) in [6.45, 7) is 0. The van der Waals surface area contributed by atoms with Crippen LogP contribution in [0.5, 0.6) is 0 Å². The molecule has 0 spiro atoms. The number of hydrogen-bond acceptors (Lipinski definition) is 2. The molecule has 3 atom stereocenters. The molecule has 0 saturated heterocycles. The minimum atomic E-state index is -0.652. The van der Waals surface area contributed by atoms with Crippen molar-refractivity contribution in [2.24, 2.45) is 11.8 Å². The predicted octanol–water partition coefficient (Wildman–Crippen LogP) is 0.973. The summed E-state index contributed by atoms with van der Waals surface area (Å²) in [7, 11) is 0. The van der Waals surface area contributed by atoms with E-state index >= 15 is 0 Å². The van der Waals surface area contributed by atoms with Gasteiger partial charge in [-0.05, 0) is 25.0 Å². The first-order valence-corrected chi connectivity index (χ1v) is 4.44. The number of rotatable bonds is 1. The van der Waals surface area contributed by atoms with E-state index in [4.69, 9.17) is 5.11 Å². The summed E-state index contributed by atoms with van der Waals surface area (Å²) in [5.41, 5.74) is 0. The topological polar surface area (TPSA) is 49.3 Å². The Kier molecular flexibility index (Phi) is 1.79. The van der Waals surface area contributed by atoms with Gasteiger partial charge in [0, 0.05) is 6.04 Å². The highest BCUT2D eigenvalue weighted by Crippen LogP contribution is 2.32. The van der Waals surface area contributed by atoms with Crippen LogP contribution in [0.2, 0.25) is 0 Å². The van der Waals surface area contributed by atoms with Crippen LogP contribution in [0.25, 0.3) is 0 Å². The highest BCUT2D eigenvalue weighted by atomic mass is 16.4. The van der Waals surface area contributed by atoms with Crippen molar-refractivity contribution in [2.45, 2.75) is 25.3 Å². The second-order valence-corrected chi connectivity index (χ2v) is 3.59. The average molecular weight is 167 g/mol. The number of nitrogens with one attached hydrogen (secondary N) is 1. The van der Waals surface area contributed by atoms with E-state index in [-0.39, 0.29) is 12.0 Å². The quantitative estimate of drug-likeness (QED) is 0.612. The summed E-state index contributed by atoms with van der Waals surface area (Å²) in [4.78, 5) is 10.8. The SMILES string of the molecule is O=C(O)C1CCCC2C=CNC21. The van der Waals surface area contributed by atoms with Crippen LogP contribution in [0.4, 0.5) is 0 Å². The molecule has 1 heterocycles. The molecule has 1 saturated carbocycles. The number of aliphatic carboxylic acids is 1. The number of fused-ring (bicyclic) bond motifs is 1. The Morgan fingerprint density at radius 3 is 3.08 bits per heavy atom. The summed E-state index contributed by atoms with van der Waals surface area (Å²) in [5.74, 6) is -0.375. The van der Waals surface area contributed by atoms with Gasteiger partial charge in [0.15, 0.2) is 0 Å². The lowest BCUT2D eigenvalue weighted by Crippen LogP contribution is -2.42. The molecule has 3 heteroatoms. The summed E-state index contributed by atoms with van der Waals surface area (Å²) >= 11 is 0. The summed E-state index contributed by atoms with van der Waals surface area (Å²) in [6.07, 6.45) is 7.00. The third-order valence-corrected chi connectivity index (χ3v) is 2.90. The van der Waals surface area contributed by atoms with Gasteiger partial charge >= 0.3 is 5.97 Å². The summed E-state index contributed by atoms with van der Waals surface area (Å²) < 4.78 is 0. The molecule has 2 N–H and O–H groups in total. The first-order chi connectivity index (χ1) is 5.79. The smallest absolute Gasteiger partial charge is 0.308 e. The van der Waals surface area contributed by atoms with Crippen molar-refractivity contribution in [2.75, 3.05) is 0 Å². The van der Waals surface area contributed by atoms with Crippen LogP contribution in [-0.2, 0) is 4.79 Å². The van der Waals surface area contributed by atoms with E-state index in [1.165, 1.54) is 0 Å². The average Bonchev–Trinajstić information content (AvgIpc) is 2.49. The largest absolute Gasteiger partial charge is 0.481 e. The fourth-order valence-electron chi connectivity index (χ4n) is 2.25. The molecule has 2 rings (SSSR count). The Morgan fingerprint density at radius 1 is 1.50 bits per heavy atom. The van der Waals surface area contributed by atoms with Crippen molar-refractivity contribution >= 4 is 5.97 Å². The van der Waals surface area contributed by atoms with Crippen LogP contribution in [0.1, 0.15) is 19.3 Å².